The van der Waals surface area contributed by atoms with Gasteiger partial charge in [-0.2, -0.15) is 0 Å². The lowest BCUT2D eigenvalue weighted by Gasteiger charge is -2.12. The first-order valence-corrected chi connectivity index (χ1v) is 9.78. The van der Waals surface area contributed by atoms with E-state index in [4.69, 9.17) is 24.1 Å². The Morgan fingerprint density at radius 2 is 1.66 bits per heavy atom. The van der Waals surface area contributed by atoms with E-state index in [9.17, 15) is 4.79 Å². The summed E-state index contributed by atoms with van der Waals surface area (Å²) < 4.78 is 21.4. The Labute approximate surface area is 174 Å². The number of thioether (sulfide) groups is 1. The lowest BCUT2D eigenvalue weighted by atomic mass is 10.1. The SMILES string of the molecule is COc1cc(OC)c(C=CSCc2ccc(OC)c(NCC(=O)O)c2)c(OC)c1. The second-order valence-corrected chi connectivity index (χ2v) is 6.74. The molecule has 0 unspecified atom stereocenters. The number of carbonyl (C=O) groups is 1. The van der Waals surface area contributed by atoms with E-state index < -0.39 is 5.97 Å². The summed E-state index contributed by atoms with van der Waals surface area (Å²) in [5, 5.41) is 13.7. The van der Waals surface area contributed by atoms with Gasteiger partial charge in [-0.15, -0.1) is 11.8 Å². The van der Waals surface area contributed by atoms with Crippen molar-refractivity contribution in [1.29, 1.82) is 0 Å². The molecule has 156 valence electrons. The highest BCUT2D eigenvalue weighted by Crippen LogP contribution is 2.35. The summed E-state index contributed by atoms with van der Waals surface area (Å²) in [6, 6.07) is 9.25. The third-order valence-electron chi connectivity index (χ3n) is 4.03. The molecule has 0 saturated heterocycles. The second-order valence-electron chi connectivity index (χ2n) is 5.84. The Bertz CT molecular complexity index is 843. The van der Waals surface area contributed by atoms with Crippen LogP contribution in [0.3, 0.4) is 0 Å². The first-order chi connectivity index (χ1) is 14.0. The van der Waals surface area contributed by atoms with Gasteiger partial charge in [0, 0.05) is 17.9 Å². The van der Waals surface area contributed by atoms with Crippen molar-refractivity contribution in [1.82, 2.24) is 0 Å². The smallest absolute Gasteiger partial charge is 0.322 e. The van der Waals surface area contributed by atoms with Crippen LogP contribution in [-0.4, -0.2) is 46.1 Å². The van der Waals surface area contributed by atoms with Gasteiger partial charge in [-0.05, 0) is 29.2 Å². The van der Waals surface area contributed by atoms with Gasteiger partial charge in [0.2, 0.25) is 0 Å². The van der Waals surface area contributed by atoms with Crippen LogP contribution in [0.2, 0.25) is 0 Å². The van der Waals surface area contributed by atoms with E-state index in [1.807, 2.05) is 29.7 Å². The van der Waals surface area contributed by atoms with Gasteiger partial charge in [-0.1, -0.05) is 6.07 Å². The summed E-state index contributed by atoms with van der Waals surface area (Å²) in [5.41, 5.74) is 2.50. The second kappa shape index (κ2) is 11.1. The molecule has 0 aromatic heterocycles. The lowest BCUT2D eigenvalue weighted by Crippen LogP contribution is -2.13. The van der Waals surface area contributed by atoms with Crippen molar-refractivity contribution >= 4 is 29.5 Å². The minimum atomic E-state index is -0.933. The number of anilines is 1. The molecule has 0 bridgehead atoms. The number of benzene rings is 2. The molecule has 0 aliphatic carbocycles. The van der Waals surface area contributed by atoms with Crippen molar-refractivity contribution in [2.24, 2.45) is 0 Å². The molecule has 0 fully saturated rings. The zero-order valence-electron chi connectivity index (χ0n) is 16.9. The van der Waals surface area contributed by atoms with Gasteiger partial charge >= 0.3 is 5.97 Å². The van der Waals surface area contributed by atoms with Crippen LogP contribution >= 0.6 is 11.8 Å². The van der Waals surface area contributed by atoms with Gasteiger partial charge in [-0.3, -0.25) is 4.79 Å². The van der Waals surface area contributed by atoms with Gasteiger partial charge in [0.25, 0.3) is 0 Å². The molecule has 0 aliphatic heterocycles. The molecular weight excluding hydrogens is 394 g/mol. The monoisotopic (exact) mass is 419 g/mol. The highest BCUT2D eigenvalue weighted by molar-refractivity contribution is 8.01. The Morgan fingerprint density at radius 1 is 1.00 bits per heavy atom. The normalized spacial score (nSPS) is 10.6. The van der Waals surface area contributed by atoms with Crippen LogP contribution < -0.4 is 24.3 Å². The number of carboxylic acids is 1. The number of nitrogens with one attached hydrogen (secondary N) is 1. The highest BCUT2D eigenvalue weighted by atomic mass is 32.2. The van der Waals surface area contributed by atoms with Gasteiger partial charge in [0.15, 0.2) is 0 Å². The van der Waals surface area contributed by atoms with Crippen LogP contribution in [0.15, 0.2) is 35.7 Å². The molecule has 0 radical (unpaired) electrons. The summed E-state index contributed by atoms with van der Waals surface area (Å²) in [7, 11) is 6.34. The standard InChI is InChI=1S/C21H25NO6S/c1-25-15-10-19(27-3)16(20(11-15)28-4)7-8-29-13-14-5-6-18(26-2)17(9-14)22-12-21(23)24/h5-11,22H,12-13H2,1-4H3,(H,23,24). The van der Waals surface area contributed by atoms with E-state index in [2.05, 4.69) is 5.32 Å². The van der Waals surface area contributed by atoms with Crippen molar-refractivity contribution in [3.05, 3.63) is 46.9 Å². The number of ether oxygens (including phenoxy) is 4. The molecule has 2 aromatic rings. The number of rotatable bonds is 11. The first-order valence-electron chi connectivity index (χ1n) is 8.73. The van der Waals surface area contributed by atoms with Gasteiger partial charge in [0.1, 0.15) is 29.5 Å². The molecule has 0 saturated carbocycles. The summed E-state index contributed by atoms with van der Waals surface area (Å²) in [5.74, 6) is 2.33. The topological polar surface area (TPSA) is 86.2 Å². The van der Waals surface area contributed by atoms with E-state index in [0.717, 1.165) is 11.1 Å². The lowest BCUT2D eigenvalue weighted by molar-refractivity contribution is -0.134. The molecular formula is C21H25NO6S. The molecule has 0 amide bonds. The van der Waals surface area contributed by atoms with Gasteiger partial charge < -0.3 is 29.4 Å². The summed E-state index contributed by atoms with van der Waals surface area (Å²) in [6.45, 7) is -0.177. The van der Waals surface area contributed by atoms with Crippen LogP contribution in [0.5, 0.6) is 23.0 Å². The van der Waals surface area contributed by atoms with Crippen molar-refractivity contribution in [2.75, 3.05) is 40.3 Å². The first kappa shape index (κ1) is 22.3. The minimum Gasteiger partial charge on any atom is -0.496 e. The Morgan fingerprint density at radius 3 is 2.21 bits per heavy atom. The van der Waals surface area contributed by atoms with Gasteiger partial charge in [-0.25, -0.2) is 0 Å². The van der Waals surface area contributed by atoms with Crippen molar-refractivity contribution in [2.45, 2.75) is 5.75 Å². The molecule has 2 rings (SSSR count). The van der Waals surface area contributed by atoms with Gasteiger partial charge in [0.05, 0.1) is 39.7 Å². The zero-order valence-corrected chi connectivity index (χ0v) is 17.7. The summed E-state index contributed by atoms with van der Waals surface area (Å²) in [6.07, 6.45) is 1.93. The van der Waals surface area contributed by atoms with E-state index >= 15 is 0 Å². The maximum atomic E-state index is 10.8. The fourth-order valence-electron chi connectivity index (χ4n) is 2.61. The third kappa shape index (κ3) is 6.25. The van der Waals surface area contributed by atoms with E-state index in [1.165, 1.54) is 0 Å². The molecule has 2 N–H and O–H groups in total. The van der Waals surface area contributed by atoms with E-state index in [-0.39, 0.29) is 6.54 Å². The Balaban J connectivity index is 2.10. The summed E-state index contributed by atoms with van der Waals surface area (Å²) in [4.78, 5) is 10.8. The van der Waals surface area contributed by atoms with Crippen LogP contribution in [0.1, 0.15) is 11.1 Å². The fourth-order valence-corrected chi connectivity index (χ4v) is 3.31. The average molecular weight is 419 g/mol. The van der Waals surface area contributed by atoms with Crippen LogP contribution in [0, 0.1) is 0 Å². The molecule has 0 aliphatic rings. The molecule has 0 heterocycles. The number of carboxylic acid groups (broad SMARTS) is 1. The molecule has 8 heteroatoms. The van der Waals surface area contributed by atoms with Crippen molar-refractivity contribution in [3.8, 4) is 23.0 Å². The Hall–Kier alpha value is -3.00. The largest absolute Gasteiger partial charge is 0.496 e. The number of methoxy groups -OCH3 is 4. The number of hydrogen-bond donors (Lipinski definition) is 2. The Kier molecular flexibility index (Phi) is 8.54. The number of aliphatic carboxylic acids is 1. The fraction of sp³-hybridized carbons (Fsp3) is 0.286. The zero-order chi connectivity index (χ0) is 21.2. The summed E-state index contributed by atoms with van der Waals surface area (Å²) >= 11 is 1.59. The quantitative estimate of drug-likeness (QED) is 0.563. The maximum Gasteiger partial charge on any atom is 0.322 e. The average Bonchev–Trinajstić information content (AvgIpc) is 2.74. The van der Waals surface area contributed by atoms with Crippen LogP contribution in [-0.2, 0) is 10.5 Å². The van der Waals surface area contributed by atoms with Crippen LogP contribution in [0.4, 0.5) is 5.69 Å². The molecule has 7 nitrogen and oxygen atoms in total. The van der Waals surface area contributed by atoms with Crippen LogP contribution in [0.25, 0.3) is 6.08 Å². The third-order valence-corrected chi connectivity index (χ3v) is 4.86. The highest BCUT2D eigenvalue weighted by Gasteiger charge is 2.11. The predicted octanol–water partition coefficient (Wildman–Crippen LogP) is 4.12. The molecule has 0 atom stereocenters. The minimum absolute atomic E-state index is 0.177. The van der Waals surface area contributed by atoms with E-state index in [1.54, 1.807) is 52.3 Å². The maximum absolute atomic E-state index is 10.8. The van der Waals surface area contributed by atoms with Crippen molar-refractivity contribution in [3.63, 3.8) is 0 Å². The molecule has 0 spiro atoms. The molecule has 2 aromatic carbocycles. The van der Waals surface area contributed by atoms with Crippen molar-refractivity contribution < 1.29 is 28.8 Å². The van der Waals surface area contributed by atoms with E-state index in [0.29, 0.717) is 34.4 Å². The molecule has 29 heavy (non-hydrogen) atoms. The predicted molar refractivity (Wildman–Crippen MR) is 116 cm³/mol. The number of hydrogen-bond acceptors (Lipinski definition) is 7.